The Bertz CT molecular complexity index is 56.9. The number of aliphatic hydroxyl groups excluding tert-OH is 1. The molecule has 0 bridgehead atoms. The van der Waals surface area contributed by atoms with Crippen LogP contribution in [0.3, 0.4) is 0 Å². The van der Waals surface area contributed by atoms with E-state index in [1.165, 1.54) is 12.2 Å². The van der Waals surface area contributed by atoms with Crippen LogP contribution < -0.4 is 0 Å². The second-order valence-corrected chi connectivity index (χ2v) is 3.46. The molecule has 1 atom stereocenters. The zero-order valence-electron chi connectivity index (χ0n) is 6.26. The first kappa shape index (κ1) is 9.31. The van der Waals surface area contributed by atoms with Crippen LogP contribution in [-0.2, 0) is 0 Å². The van der Waals surface area contributed by atoms with Crippen LogP contribution in [0.4, 0.5) is 0 Å². The Balaban J connectivity index is 2.88. The predicted molar refractivity (Wildman–Crippen MR) is 43.9 cm³/mol. The highest BCUT2D eigenvalue weighted by atomic mass is 32.2. The maximum atomic E-state index is 8.43. The fourth-order valence-corrected chi connectivity index (χ4v) is 1.40. The molecule has 0 saturated heterocycles. The Morgan fingerprint density at radius 2 is 2.22 bits per heavy atom. The normalized spacial score (nSPS) is 13.7. The van der Waals surface area contributed by atoms with Gasteiger partial charge in [0.15, 0.2) is 0 Å². The molecule has 0 rings (SSSR count). The van der Waals surface area contributed by atoms with Gasteiger partial charge in [0.05, 0.1) is 6.61 Å². The van der Waals surface area contributed by atoms with Crippen molar-refractivity contribution in [3.05, 3.63) is 0 Å². The molecule has 0 aromatic carbocycles. The monoisotopic (exact) mass is 148 g/mol. The van der Waals surface area contributed by atoms with Gasteiger partial charge in [-0.1, -0.05) is 20.3 Å². The lowest BCUT2D eigenvalue weighted by molar-refractivity contribution is 0.322. The molecule has 1 N–H and O–H groups in total. The van der Waals surface area contributed by atoms with E-state index in [9.17, 15) is 0 Å². The van der Waals surface area contributed by atoms with Crippen LogP contribution in [0, 0.1) is 5.92 Å². The lowest BCUT2D eigenvalue weighted by Crippen LogP contribution is -1.97. The first-order valence-corrected chi connectivity index (χ1v) is 4.65. The van der Waals surface area contributed by atoms with Crippen molar-refractivity contribution in [1.29, 1.82) is 0 Å². The molecule has 0 spiro atoms. The molecule has 9 heavy (non-hydrogen) atoms. The van der Waals surface area contributed by atoms with Crippen LogP contribution in [0.25, 0.3) is 0 Å². The van der Waals surface area contributed by atoms with E-state index in [1.54, 1.807) is 0 Å². The van der Waals surface area contributed by atoms with E-state index in [-0.39, 0.29) is 0 Å². The van der Waals surface area contributed by atoms with Crippen molar-refractivity contribution in [3.63, 3.8) is 0 Å². The molecule has 1 unspecified atom stereocenters. The maximum Gasteiger partial charge on any atom is 0.0521 e. The number of hydrogen-bond donors (Lipinski definition) is 1. The van der Waals surface area contributed by atoms with Gasteiger partial charge < -0.3 is 5.11 Å². The van der Waals surface area contributed by atoms with E-state index < -0.39 is 0 Å². The number of hydrogen-bond acceptors (Lipinski definition) is 2. The van der Waals surface area contributed by atoms with Gasteiger partial charge in [-0.2, -0.15) is 11.8 Å². The SMILES string of the molecule is CCC(C)CSCCO. The van der Waals surface area contributed by atoms with E-state index >= 15 is 0 Å². The summed E-state index contributed by atoms with van der Waals surface area (Å²) in [4.78, 5) is 0. The average Bonchev–Trinajstić information content (AvgIpc) is 1.89. The van der Waals surface area contributed by atoms with Crippen LogP contribution in [-0.4, -0.2) is 23.2 Å². The smallest absolute Gasteiger partial charge is 0.0521 e. The zero-order chi connectivity index (χ0) is 7.11. The fraction of sp³-hybridized carbons (Fsp3) is 1.00. The number of aliphatic hydroxyl groups is 1. The highest BCUT2D eigenvalue weighted by molar-refractivity contribution is 7.99. The lowest BCUT2D eigenvalue weighted by Gasteiger charge is -2.05. The standard InChI is InChI=1S/C7H16OS/c1-3-7(2)6-9-5-4-8/h7-8H,3-6H2,1-2H3. The molecule has 0 aromatic rings. The summed E-state index contributed by atoms with van der Waals surface area (Å²) in [7, 11) is 0. The topological polar surface area (TPSA) is 20.2 Å². The molecular formula is C7H16OS. The fourth-order valence-electron chi connectivity index (χ4n) is 0.467. The summed E-state index contributed by atoms with van der Waals surface area (Å²) in [6.07, 6.45) is 1.25. The average molecular weight is 148 g/mol. The minimum Gasteiger partial charge on any atom is -0.396 e. The third-order valence-corrected chi connectivity index (χ3v) is 2.61. The van der Waals surface area contributed by atoms with E-state index in [0.717, 1.165) is 11.7 Å². The van der Waals surface area contributed by atoms with Gasteiger partial charge in [0.25, 0.3) is 0 Å². The Kier molecular flexibility index (Phi) is 6.65. The van der Waals surface area contributed by atoms with Gasteiger partial charge >= 0.3 is 0 Å². The number of rotatable bonds is 5. The van der Waals surface area contributed by atoms with Crippen LogP contribution >= 0.6 is 11.8 Å². The molecule has 0 aliphatic rings. The third kappa shape index (κ3) is 6.19. The molecule has 0 saturated carbocycles. The highest BCUT2D eigenvalue weighted by Gasteiger charge is 1.96. The van der Waals surface area contributed by atoms with Gasteiger partial charge in [0, 0.05) is 5.75 Å². The summed E-state index contributed by atoms with van der Waals surface area (Å²) in [5.41, 5.74) is 0. The van der Waals surface area contributed by atoms with Gasteiger partial charge in [0.2, 0.25) is 0 Å². The largest absolute Gasteiger partial charge is 0.396 e. The Hall–Kier alpha value is 0.310. The minimum atomic E-state index is 0.321. The van der Waals surface area contributed by atoms with E-state index in [2.05, 4.69) is 13.8 Å². The van der Waals surface area contributed by atoms with E-state index in [1.807, 2.05) is 11.8 Å². The van der Waals surface area contributed by atoms with Crippen LogP contribution in [0.2, 0.25) is 0 Å². The molecular weight excluding hydrogens is 132 g/mol. The first-order valence-electron chi connectivity index (χ1n) is 3.49. The summed E-state index contributed by atoms with van der Waals surface area (Å²) in [5, 5.41) is 8.43. The first-order chi connectivity index (χ1) is 4.31. The van der Waals surface area contributed by atoms with E-state index in [4.69, 9.17) is 5.11 Å². The van der Waals surface area contributed by atoms with Gasteiger partial charge in [-0.25, -0.2) is 0 Å². The minimum absolute atomic E-state index is 0.321. The molecule has 0 heterocycles. The summed E-state index contributed by atoms with van der Waals surface area (Å²) < 4.78 is 0. The van der Waals surface area contributed by atoms with Crippen LogP contribution in [0.1, 0.15) is 20.3 Å². The molecule has 0 fully saturated rings. The van der Waals surface area contributed by atoms with Gasteiger partial charge in [-0.05, 0) is 11.7 Å². The molecule has 0 aromatic heterocycles. The molecule has 1 nitrogen and oxygen atoms in total. The second kappa shape index (κ2) is 6.43. The van der Waals surface area contributed by atoms with Crippen molar-refractivity contribution >= 4 is 11.8 Å². The second-order valence-electron chi connectivity index (χ2n) is 2.31. The molecule has 0 aliphatic heterocycles. The van der Waals surface area contributed by atoms with Crippen LogP contribution in [0.5, 0.6) is 0 Å². The van der Waals surface area contributed by atoms with Gasteiger partial charge in [0.1, 0.15) is 0 Å². The summed E-state index contributed by atoms with van der Waals surface area (Å²) in [5.74, 6) is 2.89. The van der Waals surface area contributed by atoms with Crippen molar-refractivity contribution in [3.8, 4) is 0 Å². The zero-order valence-corrected chi connectivity index (χ0v) is 7.08. The van der Waals surface area contributed by atoms with Crippen molar-refractivity contribution in [2.24, 2.45) is 5.92 Å². The molecule has 0 radical (unpaired) electrons. The Morgan fingerprint density at radius 3 is 2.67 bits per heavy atom. The maximum absolute atomic E-state index is 8.43. The van der Waals surface area contributed by atoms with E-state index in [0.29, 0.717) is 6.61 Å². The van der Waals surface area contributed by atoms with Crippen molar-refractivity contribution in [2.75, 3.05) is 18.1 Å². The summed E-state index contributed by atoms with van der Waals surface area (Å²) in [6, 6.07) is 0. The molecule has 56 valence electrons. The molecule has 2 heteroatoms. The third-order valence-electron chi connectivity index (χ3n) is 1.33. The molecule has 0 aliphatic carbocycles. The lowest BCUT2D eigenvalue weighted by atomic mass is 10.2. The van der Waals surface area contributed by atoms with Crippen molar-refractivity contribution in [2.45, 2.75) is 20.3 Å². The van der Waals surface area contributed by atoms with Gasteiger partial charge in [-0.15, -0.1) is 0 Å². The Labute approximate surface area is 61.8 Å². The predicted octanol–water partition coefficient (Wildman–Crippen LogP) is 1.76. The van der Waals surface area contributed by atoms with Gasteiger partial charge in [-0.3, -0.25) is 0 Å². The molecule has 0 amide bonds. The van der Waals surface area contributed by atoms with Crippen molar-refractivity contribution in [1.82, 2.24) is 0 Å². The summed E-state index contributed by atoms with van der Waals surface area (Å²) >= 11 is 1.84. The quantitative estimate of drug-likeness (QED) is 0.599. The number of thioether (sulfide) groups is 1. The summed E-state index contributed by atoms with van der Waals surface area (Å²) in [6.45, 7) is 4.76. The van der Waals surface area contributed by atoms with Crippen molar-refractivity contribution < 1.29 is 5.11 Å². The Morgan fingerprint density at radius 1 is 1.56 bits per heavy atom. The highest BCUT2D eigenvalue weighted by Crippen LogP contribution is 2.09. The van der Waals surface area contributed by atoms with Crippen LogP contribution in [0.15, 0.2) is 0 Å².